The molecular weight excluding hydrogens is 924 g/mol. The fraction of sp³-hybridized carbons (Fsp3) is 0.846. The summed E-state index contributed by atoms with van der Waals surface area (Å²) in [5, 5.41) is 55.9. The van der Waals surface area contributed by atoms with Gasteiger partial charge in [-0.1, -0.05) is 45.4 Å². The molecule has 18 heteroatoms. The molecule has 1 saturated carbocycles. The number of nitrogens with zero attached hydrogens (tertiary/aromatic N) is 2. The van der Waals surface area contributed by atoms with Crippen molar-refractivity contribution in [3.05, 3.63) is 29.3 Å². The summed E-state index contributed by atoms with van der Waals surface area (Å²) in [6, 6.07) is 5.71. The normalized spacial score (nSPS) is 41.6. The van der Waals surface area contributed by atoms with Gasteiger partial charge in [-0.15, -0.1) is 0 Å². The molecule has 402 valence electrons. The number of ether oxygens (including phenoxy) is 7. The first kappa shape index (κ1) is 58.5. The van der Waals surface area contributed by atoms with E-state index >= 15 is 0 Å². The molecule has 5 rings (SSSR count). The maximum absolute atomic E-state index is 14.7. The van der Waals surface area contributed by atoms with Gasteiger partial charge in [0.1, 0.15) is 34.8 Å². The van der Waals surface area contributed by atoms with Gasteiger partial charge in [0, 0.05) is 57.2 Å². The molecule has 4 fully saturated rings. The lowest BCUT2D eigenvalue weighted by atomic mass is 9.75. The van der Waals surface area contributed by atoms with Crippen molar-refractivity contribution in [2.24, 2.45) is 17.8 Å². The van der Waals surface area contributed by atoms with Crippen LogP contribution in [0.25, 0.3) is 0 Å². The summed E-state index contributed by atoms with van der Waals surface area (Å²) in [7, 11) is 5.12. The predicted octanol–water partition coefficient (Wildman–Crippen LogP) is 5.64. The van der Waals surface area contributed by atoms with Crippen molar-refractivity contribution in [3.8, 4) is 5.75 Å². The number of esters is 1. The van der Waals surface area contributed by atoms with Crippen LogP contribution in [0.4, 0.5) is 4.79 Å². The zero-order chi connectivity index (χ0) is 52.1. The van der Waals surface area contributed by atoms with E-state index in [2.05, 4.69) is 10.6 Å². The zero-order valence-electron chi connectivity index (χ0n) is 44.5. The average molecular weight is 1010 g/mol. The second-order valence-electron chi connectivity index (χ2n) is 21.9. The molecule has 70 heavy (non-hydrogen) atoms. The van der Waals surface area contributed by atoms with Gasteiger partial charge in [-0.25, -0.2) is 4.79 Å². The van der Waals surface area contributed by atoms with Crippen LogP contribution in [-0.2, 0) is 33.2 Å². The van der Waals surface area contributed by atoms with E-state index < -0.39 is 108 Å². The summed E-state index contributed by atoms with van der Waals surface area (Å²) in [5.41, 5.74) is -6.20. The number of rotatable bonds is 14. The number of halogens is 1. The largest absolute Gasteiger partial charge is 0.483 e. The fourth-order valence-electron chi connectivity index (χ4n) is 11.2. The van der Waals surface area contributed by atoms with Crippen molar-refractivity contribution in [2.75, 3.05) is 40.8 Å². The number of urea groups is 1. The van der Waals surface area contributed by atoms with Crippen LogP contribution in [0, 0.1) is 17.8 Å². The first-order valence-corrected chi connectivity index (χ1v) is 26.2. The van der Waals surface area contributed by atoms with Gasteiger partial charge in [0.15, 0.2) is 18.7 Å². The molecule has 1 aromatic carbocycles. The van der Waals surface area contributed by atoms with Crippen LogP contribution in [0.5, 0.6) is 5.75 Å². The molecule has 4 aliphatic rings. The van der Waals surface area contributed by atoms with Crippen molar-refractivity contribution in [1.29, 1.82) is 0 Å². The van der Waals surface area contributed by atoms with E-state index in [9.17, 15) is 30.0 Å². The van der Waals surface area contributed by atoms with Crippen LogP contribution >= 0.6 is 11.6 Å². The Morgan fingerprint density at radius 2 is 1.66 bits per heavy atom. The van der Waals surface area contributed by atoms with Gasteiger partial charge in [0.05, 0.1) is 42.0 Å². The molecular formula is C52H89ClN4O13. The Bertz CT molecular complexity index is 1850. The quantitative estimate of drug-likeness (QED) is 0.0984. The lowest BCUT2D eigenvalue weighted by molar-refractivity contribution is -0.335. The minimum atomic E-state index is -1.86. The van der Waals surface area contributed by atoms with Crippen LogP contribution < -0.4 is 15.4 Å². The number of aliphatic hydroxyl groups is 4. The third kappa shape index (κ3) is 13.1. The first-order valence-electron chi connectivity index (χ1n) is 25.8. The molecule has 3 heterocycles. The highest BCUT2D eigenvalue weighted by atomic mass is 35.5. The fourth-order valence-corrected chi connectivity index (χ4v) is 11.4. The first-order chi connectivity index (χ1) is 32.7. The number of amides is 2. The number of hydrogen-bond donors (Lipinski definition) is 6. The number of likely N-dealkylation sites (N-methyl/N-ethyl adjacent to an activating group) is 1. The van der Waals surface area contributed by atoms with Crippen molar-refractivity contribution in [1.82, 2.24) is 20.4 Å². The number of hydrogen-bond acceptors (Lipinski definition) is 15. The standard InChI is InChI=1S/C52H89ClN4O13/c1-15-23-54-29-52(63)35(8)66-41(27-50(52,10)64-14)69-42-32(5)45(49(9,61)26-30(3)28-55-34(7)44(58)51(11,62)40(16-2)68-46(59)33(42)6)70-47-43(67-38-22-17-19-36(53)25-38)39(24-31(4)65-47)57(13)48(60)56(12)37-20-18-21-37/h17,19,22,25,30-35,37,39-45,47,54-55,58,61-63H,15-16,18,20-21,23-24,26-29H2,1-14H3/t30-,31-,32+,33-,34-,35+,39+,40-,41+,42+,43-,44-,45-,47+,49-,50-,51-,52+/m1/s1. The highest BCUT2D eigenvalue weighted by Gasteiger charge is 2.58. The van der Waals surface area contributed by atoms with Crippen LogP contribution in [0.3, 0.4) is 0 Å². The van der Waals surface area contributed by atoms with Gasteiger partial charge in [-0.05, 0) is 131 Å². The summed E-state index contributed by atoms with van der Waals surface area (Å²) in [5.74, 6) is -2.49. The Labute approximate surface area is 422 Å². The van der Waals surface area contributed by atoms with E-state index in [0.29, 0.717) is 30.3 Å². The van der Waals surface area contributed by atoms with E-state index in [-0.39, 0.29) is 43.8 Å². The van der Waals surface area contributed by atoms with E-state index in [1.165, 1.54) is 14.0 Å². The van der Waals surface area contributed by atoms with Crippen molar-refractivity contribution in [3.63, 3.8) is 0 Å². The summed E-state index contributed by atoms with van der Waals surface area (Å²) in [4.78, 5) is 32.5. The zero-order valence-corrected chi connectivity index (χ0v) is 45.2. The summed E-state index contributed by atoms with van der Waals surface area (Å²) in [6.07, 6.45) is -4.62. The molecule has 0 unspecified atom stereocenters. The second-order valence-corrected chi connectivity index (χ2v) is 22.3. The number of cyclic esters (lactones) is 1. The Hall–Kier alpha value is -2.39. The molecule has 0 bridgehead atoms. The lowest BCUT2D eigenvalue weighted by Gasteiger charge is -2.53. The Morgan fingerprint density at radius 1 is 0.971 bits per heavy atom. The Balaban J connectivity index is 1.63. The third-order valence-corrected chi connectivity index (χ3v) is 16.4. The van der Waals surface area contributed by atoms with Crippen molar-refractivity contribution < 1.29 is 63.2 Å². The van der Waals surface area contributed by atoms with Crippen LogP contribution in [0.2, 0.25) is 5.02 Å². The van der Waals surface area contributed by atoms with Gasteiger partial charge >= 0.3 is 12.0 Å². The molecule has 1 aromatic rings. The molecule has 17 nitrogen and oxygen atoms in total. The van der Waals surface area contributed by atoms with Gasteiger partial charge in [0.2, 0.25) is 0 Å². The average Bonchev–Trinajstić information content (AvgIpc) is 3.28. The predicted molar refractivity (Wildman–Crippen MR) is 266 cm³/mol. The monoisotopic (exact) mass is 1010 g/mol. The van der Waals surface area contributed by atoms with Crippen LogP contribution in [0.15, 0.2) is 24.3 Å². The van der Waals surface area contributed by atoms with Gasteiger partial charge in [-0.3, -0.25) is 4.79 Å². The minimum absolute atomic E-state index is 0.0558. The number of carbonyl (C=O) groups excluding carboxylic acids is 2. The number of methoxy groups -OCH3 is 1. The lowest BCUT2D eigenvalue weighted by Crippen LogP contribution is -2.70. The Kier molecular flexibility index (Phi) is 20.3. The topological polar surface area (TPSA) is 210 Å². The van der Waals surface area contributed by atoms with Gasteiger partial charge < -0.3 is 74.0 Å². The van der Waals surface area contributed by atoms with E-state index in [0.717, 1.165) is 25.7 Å². The molecule has 3 saturated heterocycles. The molecule has 0 spiro atoms. The molecule has 18 atom stereocenters. The maximum atomic E-state index is 14.7. The number of nitrogens with one attached hydrogen (secondary N) is 2. The number of benzene rings is 1. The van der Waals surface area contributed by atoms with Gasteiger partial charge in [-0.2, -0.15) is 0 Å². The molecule has 0 aromatic heterocycles. The van der Waals surface area contributed by atoms with Gasteiger partial charge in [0.25, 0.3) is 0 Å². The number of carbonyl (C=O) groups is 2. The van der Waals surface area contributed by atoms with Crippen LogP contribution in [-0.4, -0.2) is 179 Å². The number of aliphatic hydroxyl groups excluding tert-OH is 1. The maximum Gasteiger partial charge on any atom is 0.320 e. The SMILES string of the molecule is CCCNC[C@]1(O)[C@H](C)O[C@@H](O[C@H]2[C@H](C)[C@@H](O[C@@H]3O[C@H](C)C[C@H](N(C)C(=O)N(C)C4CCC4)[C@H]3Oc3cccc(Cl)c3)[C@](C)(O)C[C@@H](C)CN[C@H](C)[C@@H](O)[C@](C)(O)[C@@H](CC)OC(=O)[C@@H]2C)C[C@@]1(C)OC. The van der Waals surface area contributed by atoms with E-state index in [1.807, 2.05) is 41.7 Å². The summed E-state index contributed by atoms with van der Waals surface area (Å²) in [6.45, 7) is 20.8. The van der Waals surface area contributed by atoms with E-state index in [1.54, 1.807) is 75.7 Å². The highest BCUT2D eigenvalue weighted by Crippen LogP contribution is 2.44. The smallest absolute Gasteiger partial charge is 0.320 e. The highest BCUT2D eigenvalue weighted by molar-refractivity contribution is 6.30. The van der Waals surface area contributed by atoms with Crippen LogP contribution in [0.1, 0.15) is 128 Å². The third-order valence-electron chi connectivity index (χ3n) is 16.1. The van der Waals surface area contributed by atoms with E-state index in [4.69, 9.17) is 44.8 Å². The summed E-state index contributed by atoms with van der Waals surface area (Å²) >= 11 is 6.50. The molecule has 6 N–H and O–H groups in total. The van der Waals surface area contributed by atoms with Crippen molar-refractivity contribution >= 4 is 23.6 Å². The van der Waals surface area contributed by atoms with Crippen molar-refractivity contribution in [2.45, 2.75) is 223 Å². The molecule has 1 aliphatic carbocycles. The molecule has 2 amide bonds. The minimum Gasteiger partial charge on any atom is -0.483 e. The second kappa shape index (κ2) is 24.3. The Morgan fingerprint density at radius 3 is 2.26 bits per heavy atom. The molecule has 0 radical (unpaired) electrons. The summed E-state index contributed by atoms with van der Waals surface area (Å²) < 4.78 is 46.6. The molecule has 3 aliphatic heterocycles.